The normalized spacial score (nSPS) is 11.6. The lowest BCUT2D eigenvalue weighted by Crippen LogP contribution is -2.09. The van der Waals surface area contributed by atoms with Crippen LogP contribution < -0.4 is 0 Å². The van der Waals surface area contributed by atoms with Gasteiger partial charge in [-0.15, -0.1) is 0 Å². The summed E-state index contributed by atoms with van der Waals surface area (Å²) in [6, 6.07) is 21.7. The molecule has 0 atom stereocenters. The Morgan fingerprint density at radius 2 is 1.54 bits per heavy atom. The second kappa shape index (κ2) is 7.34. The molecule has 0 unspecified atom stereocenters. The molecule has 4 nitrogen and oxygen atoms in total. The van der Waals surface area contributed by atoms with Crippen LogP contribution in [0.15, 0.2) is 77.7 Å². The van der Waals surface area contributed by atoms with Crippen molar-refractivity contribution < 1.29 is 8.42 Å². The molecule has 1 heterocycles. The van der Waals surface area contributed by atoms with Crippen LogP contribution in [0.25, 0.3) is 22.2 Å². The number of nitrogens with zero attached hydrogens (tertiary/aromatic N) is 2. The van der Waals surface area contributed by atoms with Gasteiger partial charge in [-0.05, 0) is 37.3 Å². The maximum atomic E-state index is 12.8. The largest absolute Gasteiger partial charge is 0.232 e. The van der Waals surface area contributed by atoms with Crippen molar-refractivity contribution >= 4 is 32.3 Å². The number of rotatable bonds is 4. The average molecular weight is 409 g/mol. The van der Waals surface area contributed by atoms with Crippen molar-refractivity contribution in [1.29, 1.82) is 0 Å². The lowest BCUT2D eigenvalue weighted by molar-refractivity contribution is 0.594. The molecule has 28 heavy (non-hydrogen) atoms. The first-order valence-corrected chi connectivity index (χ1v) is 10.8. The number of sulfone groups is 1. The van der Waals surface area contributed by atoms with Crippen LogP contribution in [0.3, 0.4) is 0 Å². The molecular weight excluding hydrogens is 392 g/mol. The molecule has 0 bridgehead atoms. The predicted octanol–water partition coefficient (Wildman–Crippen LogP) is 5.23. The second-order valence-electron chi connectivity index (χ2n) is 6.58. The summed E-state index contributed by atoms with van der Waals surface area (Å²) in [5, 5.41) is 1.49. The number of halogens is 1. The summed E-state index contributed by atoms with van der Waals surface area (Å²) in [5.74, 6) is 0.00539. The highest BCUT2D eigenvalue weighted by Gasteiger charge is 2.19. The fraction of sp³-hybridized carbons (Fsp3) is 0.0909. The van der Waals surface area contributed by atoms with Crippen molar-refractivity contribution in [2.45, 2.75) is 17.6 Å². The highest BCUT2D eigenvalue weighted by atomic mass is 35.5. The minimum absolute atomic E-state index is 0.262. The van der Waals surface area contributed by atoms with Gasteiger partial charge in [-0.25, -0.2) is 18.4 Å². The third-order valence-corrected chi connectivity index (χ3v) is 6.35. The smallest absolute Gasteiger partial charge is 0.185 e. The lowest BCUT2D eigenvalue weighted by Gasteiger charge is -2.10. The van der Waals surface area contributed by atoms with Crippen LogP contribution in [-0.4, -0.2) is 18.4 Å². The first-order valence-electron chi connectivity index (χ1n) is 8.73. The number of hydrogen-bond acceptors (Lipinski definition) is 4. The Morgan fingerprint density at radius 3 is 2.25 bits per heavy atom. The van der Waals surface area contributed by atoms with Crippen molar-refractivity contribution in [2.75, 3.05) is 0 Å². The van der Waals surface area contributed by atoms with Crippen LogP contribution in [0.4, 0.5) is 0 Å². The van der Waals surface area contributed by atoms with Gasteiger partial charge in [0.05, 0.1) is 16.1 Å². The second-order valence-corrected chi connectivity index (χ2v) is 9.01. The summed E-state index contributed by atoms with van der Waals surface area (Å²) in [5.41, 5.74) is 3.26. The molecule has 0 saturated carbocycles. The first-order chi connectivity index (χ1) is 13.4. The third-order valence-electron chi connectivity index (χ3n) is 4.47. The predicted molar refractivity (Wildman–Crippen MR) is 112 cm³/mol. The minimum Gasteiger partial charge on any atom is -0.232 e. The van der Waals surface area contributed by atoms with Crippen molar-refractivity contribution in [3.63, 3.8) is 0 Å². The maximum absolute atomic E-state index is 12.8. The summed E-state index contributed by atoms with van der Waals surface area (Å²) in [4.78, 5) is 9.35. The molecule has 0 aliphatic carbocycles. The number of fused-ring (bicyclic) bond motifs is 1. The van der Waals surface area contributed by atoms with Gasteiger partial charge in [0, 0.05) is 16.0 Å². The molecule has 0 aliphatic heterocycles. The molecule has 140 valence electrons. The Bertz CT molecular complexity index is 1250. The standard InChI is InChI=1S/C22H17ClN2O2S/c1-15-6-12-18(13-7-15)28(26,27)14-21-24-20-5-3-2-4-19(20)22(25-21)16-8-10-17(23)11-9-16/h2-13H,14H2,1H3. The number of benzene rings is 3. The fourth-order valence-electron chi connectivity index (χ4n) is 3.02. The molecule has 0 spiro atoms. The molecule has 0 amide bonds. The van der Waals surface area contributed by atoms with E-state index in [1.807, 2.05) is 43.3 Å². The highest BCUT2D eigenvalue weighted by molar-refractivity contribution is 7.90. The minimum atomic E-state index is -3.55. The van der Waals surface area contributed by atoms with Gasteiger partial charge < -0.3 is 0 Å². The summed E-state index contributed by atoms with van der Waals surface area (Å²) in [7, 11) is -3.55. The number of hydrogen-bond donors (Lipinski definition) is 0. The average Bonchev–Trinajstić information content (AvgIpc) is 2.68. The van der Waals surface area contributed by atoms with E-state index < -0.39 is 9.84 Å². The monoisotopic (exact) mass is 408 g/mol. The Morgan fingerprint density at radius 1 is 0.857 bits per heavy atom. The van der Waals surface area contributed by atoms with Crippen LogP contribution in [0, 0.1) is 6.92 Å². The van der Waals surface area contributed by atoms with Crippen LogP contribution in [0.2, 0.25) is 5.02 Å². The van der Waals surface area contributed by atoms with Crippen LogP contribution in [0.5, 0.6) is 0 Å². The summed E-state index contributed by atoms with van der Waals surface area (Å²) in [6.45, 7) is 1.92. The van der Waals surface area contributed by atoms with Crippen molar-refractivity contribution in [3.8, 4) is 11.3 Å². The van der Waals surface area contributed by atoms with E-state index in [1.54, 1.807) is 36.4 Å². The Balaban J connectivity index is 1.82. The van der Waals surface area contributed by atoms with E-state index in [2.05, 4.69) is 9.97 Å². The molecule has 4 rings (SSSR count). The lowest BCUT2D eigenvalue weighted by atomic mass is 10.1. The zero-order valence-corrected chi connectivity index (χ0v) is 16.7. The number of aromatic nitrogens is 2. The third kappa shape index (κ3) is 3.77. The van der Waals surface area contributed by atoms with E-state index in [-0.39, 0.29) is 16.5 Å². The molecule has 0 aliphatic rings. The van der Waals surface area contributed by atoms with Gasteiger partial charge in [-0.3, -0.25) is 0 Å². The van der Waals surface area contributed by atoms with Gasteiger partial charge in [-0.1, -0.05) is 59.6 Å². The van der Waals surface area contributed by atoms with Crippen molar-refractivity contribution in [2.24, 2.45) is 0 Å². The molecule has 0 fully saturated rings. The van der Waals surface area contributed by atoms with Crippen molar-refractivity contribution in [3.05, 3.63) is 89.2 Å². The Hall–Kier alpha value is -2.76. The van der Waals surface area contributed by atoms with Gasteiger partial charge in [0.2, 0.25) is 0 Å². The highest BCUT2D eigenvalue weighted by Crippen LogP contribution is 2.28. The van der Waals surface area contributed by atoms with Crippen LogP contribution in [-0.2, 0) is 15.6 Å². The van der Waals surface area contributed by atoms with Crippen molar-refractivity contribution in [1.82, 2.24) is 9.97 Å². The molecular formula is C22H17ClN2O2S. The van der Waals surface area contributed by atoms with Gasteiger partial charge >= 0.3 is 0 Å². The van der Waals surface area contributed by atoms with E-state index in [1.165, 1.54) is 0 Å². The van der Waals surface area contributed by atoms with Gasteiger partial charge in [0.25, 0.3) is 0 Å². The van der Waals surface area contributed by atoms with E-state index in [4.69, 9.17) is 11.6 Å². The Labute approximate surface area is 168 Å². The zero-order valence-electron chi connectivity index (χ0n) is 15.1. The quantitative estimate of drug-likeness (QED) is 0.463. The fourth-order valence-corrected chi connectivity index (χ4v) is 4.33. The molecule has 6 heteroatoms. The van der Waals surface area contributed by atoms with E-state index in [0.29, 0.717) is 16.2 Å². The molecule has 0 N–H and O–H groups in total. The summed E-state index contributed by atoms with van der Waals surface area (Å²) in [6.07, 6.45) is 0. The molecule has 3 aromatic carbocycles. The first kappa shape index (κ1) is 18.6. The van der Waals surface area contributed by atoms with Gasteiger partial charge in [-0.2, -0.15) is 0 Å². The molecule has 0 radical (unpaired) electrons. The van der Waals surface area contributed by atoms with E-state index in [9.17, 15) is 8.42 Å². The number of aryl methyl sites for hydroxylation is 1. The SMILES string of the molecule is Cc1ccc(S(=O)(=O)Cc2nc(-c3ccc(Cl)cc3)c3ccccc3n2)cc1. The zero-order chi connectivity index (χ0) is 19.7. The Kier molecular flexibility index (Phi) is 4.87. The maximum Gasteiger partial charge on any atom is 0.185 e. The summed E-state index contributed by atoms with van der Waals surface area (Å²) < 4.78 is 25.7. The number of para-hydroxylation sites is 1. The molecule has 4 aromatic rings. The van der Waals surface area contributed by atoms with E-state index >= 15 is 0 Å². The molecule has 1 aromatic heterocycles. The summed E-state index contributed by atoms with van der Waals surface area (Å²) >= 11 is 6.00. The van der Waals surface area contributed by atoms with E-state index in [0.717, 1.165) is 16.5 Å². The van der Waals surface area contributed by atoms with Gasteiger partial charge in [0.15, 0.2) is 9.84 Å². The van der Waals surface area contributed by atoms with Crippen LogP contribution in [0.1, 0.15) is 11.4 Å². The topological polar surface area (TPSA) is 59.9 Å². The molecule has 0 saturated heterocycles. The van der Waals surface area contributed by atoms with Crippen LogP contribution >= 0.6 is 11.6 Å². The van der Waals surface area contributed by atoms with Gasteiger partial charge in [0.1, 0.15) is 11.6 Å².